The molecule has 0 aliphatic heterocycles. The summed E-state index contributed by atoms with van der Waals surface area (Å²) in [4.78, 5) is 10.6. The van der Waals surface area contributed by atoms with Crippen LogP contribution in [0.3, 0.4) is 0 Å². The lowest BCUT2D eigenvalue weighted by Gasteiger charge is -2.39. The zero-order valence-corrected chi connectivity index (χ0v) is 7.12. The lowest BCUT2D eigenvalue weighted by molar-refractivity contribution is -0.139. The largest absolute Gasteiger partial charge is 0.481 e. The lowest BCUT2D eigenvalue weighted by Crippen LogP contribution is -2.49. The minimum absolute atomic E-state index is 0.161. The van der Waals surface area contributed by atoms with Gasteiger partial charge in [-0.3, -0.25) is 4.79 Å². The topological polar surface area (TPSA) is 63.3 Å². The molecule has 2 aliphatic carbocycles. The van der Waals surface area contributed by atoms with Gasteiger partial charge in [-0.2, -0.15) is 0 Å². The van der Waals surface area contributed by atoms with Crippen LogP contribution in [0.15, 0.2) is 0 Å². The van der Waals surface area contributed by atoms with E-state index in [0.29, 0.717) is 5.92 Å². The highest BCUT2D eigenvalue weighted by atomic mass is 16.4. The maximum absolute atomic E-state index is 10.6. The SMILES string of the molecule is NC1(CC(=O)O)CC[C@@H]2CC[C@@H]21. The lowest BCUT2D eigenvalue weighted by atomic mass is 9.69. The van der Waals surface area contributed by atoms with E-state index in [1.807, 2.05) is 0 Å². The summed E-state index contributed by atoms with van der Waals surface area (Å²) in [5, 5.41) is 8.69. The maximum Gasteiger partial charge on any atom is 0.305 e. The van der Waals surface area contributed by atoms with Crippen molar-refractivity contribution in [2.75, 3.05) is 0 Å². The highest BCUT2D eigenvalue weighted by Crippen LogP contribution is 2.52. The second kappa shape index (κ2) is 2.46. The smallest absolute Gasteiger partial charge is 0.305 e. The fraction of sp³-hybridized carbons (Fsp3) is 0.889. The highest BCUT2D eigenvalue weighted by Gasteiger charge is 2.51. The number of hydrogen-bond acceptors (Lipinski definition) is 2. The Labute approximate surface area is 71.9 Å². The summed E-state index contributed by atoms with van der Waals surface area (Å²) in [5.74, 6) is 0.507. The summed E-state index contributed by atoms with van der Waals surface area (Å²) < 4.78 is 0. The summed E-state index contributed by atoms with van der Waals surface area (Å²) >= 11 is 0. The molecule has 2 saturated carbocycles. The molecule has 0 aromatic heterocycles. The van der Waals surface area contributed by atoms with Crippen LogP contribution in [0.2, 0.25) is 0 Å². The first-order chi connectivity index (χ1) is 5.62. The number of hydrogen-bond donors (Lipinski definition) is 2. The normalized spacial score (nSPS) is 45.1. The van der Waals surface area contributed by atoms with Gasteiger partial charge in [0.15, 0.2) is 0 Å². The summed E-state index contributed by atoms with van der Waals surface area (Å²) in [5.41, 5.74) is 5.70. The first kappa shape index (κ1) is 8.05. The zero-order chi connectivity index (χ0) is 8.77. The van der Waals surface area contributed by atoms with Crippen molar-refractivity contribution < 1.29 is 9.90 Å². The van der Waals surface area contributed by atoms with E-state index in [4.69, 9.17) is 10.8 Å². The Morgan fingerprint density at radius 3 is 2.67 bits per heavy atom. The van der Waals surface area contributed by atoms with E-state index in [0.717, 1.165) is 25.2 Å². The molecule has 12 heavy (non-hydrogen) atoms. The molecule has 68 valence electrons. The van der Waals surface area contributed by atoms with Crippen molar-refractivity contribution >= 4 is 5.97 Å². The Kier molecular flexibility index (Phi) is 1.65. The van der Waals surface area contributed by atoms with E-state index < -0.39 is 5.97 Å². The predicted octanol–water partition coefficient (Wildman–Crippen LogP) is 0.979. The van der Waals surface area contributed by atoms with Gasteiger partial charge in [0.25, 0.3) is 0 Å². The Morgan fingerprint density at radius 1 is 1.50 bits per heavy atom. The van der Waals surface area contributed by atoms with Crippen LogP contribution in [-0.4, -0.2) is 16.6 Å². The van der Waals surface area contributed by atoms with E-state index >= 15 is 0 Å². The molecule has 0 aromatic carbocycles. The Morgan fingerprint density at radius 2 is 2.25 bits per heavy atom. The van der Waals surface area contributed by atoms with Crippen LogP contribution >= 0.6 is 0 Å². The van der Waals surface area contributed by atoms with E-state index in [9.17, 15) is 4.79 Å². The van der Waals surface area contributed by atoms with Crippen LogP contribution in [0.5, 0.6) is 0 Å². The molecule has 2 aliphatic rings. The van der Waals surface area contributed by atoms with Crippen LogP contribution in [0, 0.1) is 11.8 Å². The molecule has 0 radical (unpaired) electrons. The highest BCUT2D eigenvalue weighted by molar-refractivity contribution is 5.68. The molecule has 3 nitrogen and oxygen atoms in total. The van der Waals surface area contributed by atoms with Crippen molar-refractivity contribution in [2.24, 2.45) is 17.6 Å². The van der Waals surface area contributed by atoms with Gasteiger partial charge >= 0.3 is 5.97 Å². The quantitative estimate of drug-likeness (QED) is 0.647. The molecule has 0 saturated heterocycles. The fourth-order valence-corrected chi connectivity index (χ4v) is 2.81. The second-order valence-electron chi connectivity index (χ2n) is 4.29. The van der Waals surface area contributed by atoms with E-state index in [1.54, 1.807) is 0 Å². The van der Waals surface area contributed by atoms with Gasteiger partial charge < -0.3 is 10.8 Å². The third-order valence-corrected chi connectivity index (χ3v) is 3.62. The molecule has 0 aromatic rings. The molecule has 3 heteroatoms. The molecule has 3 atom stereocenters. The second-order valence-corrected chi connectivity index (χ2v) is 4.29. The van der Waals surface area contributed by atoms with E-state index in [-0.39, 0.29) is 12.0 Å². The number of carboxylic acid groups (broad SMARTS) is 1. The molecule has 0 spiro atoms. The number of carboxylic acids is 1. The number of carbonyl (C=O) groups is 1. The van der Waals surface area contributed by atoms with Gasteiger partial charge in [0.2, 0.25) is 0 Å². The van der Waals surface area contributed by atoms with Crippen LogP contribution in [-0.2, 0) is 4.79 Å². The van der Waals surface area contributed by atoms with Crippen LogP contribution < -0.4 is 5.73 Å². The Bertz CT molecular complexity index is 217. The average molecular weight is 169 g/mol. The molecule has 0 amide bonds. The zero-order valence-electron chi connectivity index (χ0n) is 7.12. The molecule has 0 heterocycles. The number of rotatable bonds is 2. The van der Waals surface area contributed by atoms with Gasteiger partial charge in [0, 0.05) is 5.54 Å². The molecule has 1 unspecified atom stereocenters. The van der Waals surface area contributed by atoms with Gasteiger partial charge in [-0.1, -0.05) is 0 Å². The van der Waals surface area contributed by atoms with Crippen molar-refractivity contribution in [2.45, 2.75) is 37.6 Å². The van der Waals surface area contributed by atoms with Gasteiger partial charge in [0.05, 0.1) is 6.42 Å². The van der Waals surface area contributed by atoms with Crippen molar-refractivity contribution in [3.63, 3.8) is 0 Å². The number of aliphatic carboxylic acids is 1. The number of nitrogens with two attached hydrogens (primary N) is 1. The molecule has 2 fully saturated rings. The van der Waals surface area contributed by atoms with E-state index in [2.05, 4.69) is 0 Å². The first-order valence-electron chi connectivity index (χ1n) is 4.62. The van der Waals surface area contributed by atoms with Gasteiger partial charge in [-0.15, -0.1) is 0 Å². The van der Waals surface area contributed by atoms with Crippen molar-refractivity contribution in [1.29, 1.82) is 0 Å². The molecular formula is C9H15NO2. The summed E-state index contributed by atoms with van der Waals surface area (Å²) in [6, 6.07) is 0. The van der Waals surface area contributed by atoms with Crippen molar-refractivity contribution in [3.05, 3.63) is 0 Å². The summed E-state index contributed by atoms with van der Waals surface area (Å²) in [6.07, 6.45) is 4.63. The van der Waals surface area contributed by atoms with Gasteiger partial charge in [0.1, 0.15) is 0 Å². The third-order valence-electron chi connectivity index (χ3n) is 3.62. The van der Waals surface area contributed by atoms with Crippen molar-refractivity contribution in [1.82, 2.24) is 0 Å². The van der Waals surface area contributed by atoms with Gasteiger partial charge in [-0.05, 0) is 37.5 Å². The number of fused-ring (bicyclic) bond motifs is 1. The minimum Gasteiger partial charge on any atom is -0.481 e. The van der Waals surface area contributed by atoms with Crippen LogP contribution in [0.1, 0.15) is 32.1 Å². The first-order valence-corrected chi connectivity index (χ1v) is 4.62. The monoisotopic (exact) mass is 169 g/mol. The minimum atomic E-state index is -0.745. The average Bonchev–Trinajstić information content (AvgIpc) is 1.99. The standard InChI is InChI=1S/C9H15NO2/c10-9(5-8(11)12)4-3-6-1-2-7(6)9/h6-7H,1-5,10H2,(H,11,12)/t6-,7-,9?/m0/s1. The predicted molar refractivity (Wildman–Crippen MR) is 44.6 cm³/mol. The van der Waals surface area contributed by atoms with E-state index in [1.165, 1.54) is 6.42 Å². The Hall–Kier alpha value is -0.570. The Balaban J connectivity index is 2.05. The third kappa shape index (κ3) is 1.04. The van der Waals surface area contributed by atoms with Crippen molar-refractivity contribution in [3.8, 4) is 0 Å². The fourth-order valence-electron chi connectivity index (χ4n) is 2.81. The summed E-state index contributed by atoms with van der Waals surface area (Å²) in [6.45, 7) is 0. The molecule has 2 rings (SSSR count). The summed E-state index contributed by atoms with van der Waals surface area (Å²) in [7, 11) is 0. The molecule has 0 bridgehead atoms. The van der Waals surface area contributed by atoms with Crippen LogP contribution in [0.25, 0.3) is 0 Å². The molecular weight excluding hydrogens is 154 g/mol. The molecule has 3 N–H and O–H groups in total. The van der Waals surface area contributed by atoms with Gasteiger partial charge in [-0.25, -0.2) is 0 Å². The maximum atomic E-state index is 10.6. The van der Waals surface area contributed by atoms with Crippen LogP contribution in [0.4, 0.5) is 0 Å².